The number of nitrogens with zero attached hydrogens (tertiary/aromatic N) is 2. The molecule has 80 valence electrons. The lowest BCUT2D eigenvalue weighted by atomic mass is 10.0. The summed E-state index contributed by atoms with van der Waals surface area (Å²) in [5.74, 6) is 0. The van der Waals surface area contributed by atoms with Crippen LogP contribution < -0.4 is 0 Å². The van der Waals surface area contributed by atoms with Gasteiger partial charge in [-0.1, -0.05) is 20.4 Å². The molecule has 2 nitrogen and oxygen atoms in total. The van der Waals surface area contributed by atoms with E-state index >= 15 is 0 Å². The van der Waals surface area contributed by atoms with Crippen molar-refractivity contribution in [1.82, 2.24) is 4.90 Å². The number of aliphatic imine (C=N–C) groups is 1. The van der Waals surface area contributed by atoms with Crippen LogP contribution in [0.2, 0.25) is 0 Å². The third-order valence-electron chi connectivity index (χ3n) is 2.13. The van der Waals surface area contributed by atoms with E-state index in [2.05, 4.69) is 23.5 Å². The number of likely N-dealkylation sites (tertiary alicyclic amines) is 1. The SMILES string of the molecule is C=C1CCCN(C)/C1=C/C=NC.CC. The first-order valence-electron chi connectivity index (χ1n) is 5.27. The molecule has 0 aromatic heterocycles. The zero-order valence-electron chi connectivity index (χ0n) is 9.88. The Hall–Kier alpha value is -1.05. The van der Waals surface area contributed by atoms with Gasteiger partial charge >= 0.3 is 0 Å². The Kier molecular flexibility index (Phi) is 6.81. The van der Waals surface area contributed by atoms with Gasteiger partial charge < -0.3 is 4.90 Å². The summed E-state index contributed by atoms with van der Waals surface area (Å²) in [5.41, 5.74) is 2.45. The molecule has 0 aliphatic carbocycles. The molecule has 1 aliphatic heterocycles. The average molecular weight is 194 g/mol. The monoisotopic (exact) mass is 194 g/mol. The molecule has 0 radical (unpaired) electrons. The van der Waals surface area contributed by atoms with Gasteiger partial charge in [-0.2, -0.15) is 0 Å². The third kappa shape index (κ3) is 3.77. The van der Waals surface area contributed by atoms with Crippen molar-refractivity contribution in [2.24, 2.45) is 4.99 Å². The molecular formula is C12H22N2. The third-order valence-corrected chi connectivity index (χ3v) is 2.13. The predicted molar refractivity (Wildman–Crippen MR) is 64.9 cm³/mol. The molecule has 0 spiro atoms. The zero-order chi connectivity index (χ0) is 11.0. The van der Waals surface area contributed by atoms with Crippen LogP contribution in [0.5, 0.6) is 0 Å². The van der Waals surface area contributed by atoms with Gasteiger partial charge in [0.2, 0.25) is 0 Å². The summed E-state index contributed by atoms with van der Waals surface area (Å²) in [4.78, 5) is 6.16. The van der Waals surface area contributed by atoms with Gasteiger partial charge in [0.1, 0.15) is 0 Å². The van der Waals surface area contributed by atoms with Gasteiger partial charge in [-0.3, -0.25) is 4.99 Å². The molecule has 14 heavy (non-hydrogen) atoms. The Morgan fingerprint density at radius 2 is 2.07 bits per heavy atom. The van der Waals surface area contributed by atoms with Crippen molar-refractivity contribution in [2.75, 3.05) is 20.6 Å². The maximum atomic E-state index is 4.03. The van der Waals surface area contributed by atoms with E-state index in [4.69, 9.17) is 0 Å². The fourth-order valence-electron chi connectivity index (χ4n) is 1.44. The standard InChI is InChI=1S/C10H16N2.C2H6/c1-9-5-4-8-12(3)10(9)6-7-11-2;1-2/h6-7H,1,4-5,8H2,2-3H3;1-2H3/b10-6+,11-7?;. The molecule has 0 aromatic rings. The molecule has 0 bridgehead atoms. The second-order valence-corrected chi connectivity index (χ2v) is 3.09. The van der Waals surface area contributed by atoms with Gasteiger partial charge in [0.25, 0.3) is 0 Å². The Balaban J connectivity index is 0.000000791. The normalized spacial score (nSPS) is 19.9. The van der Waals surface area contributed by atoms with Crippen molar-refractivity contribution >= 4 is 6.21 Å². The Bertz CT molecular complexity index is 226. The molecule has 0 saturated carbocycles. The highest BCUT2D eigenvalue weighted by Gasteiger charge is 2.12. The highest BCUT2D eigenvalue weighted by molar-refractivity contribution is 5.73. The van der Waals surface area contributed by atoms with Gasteiger partial charge in [0.05, 0.1) is 0 Å². The first-order chi connectivity index (χ1) is 6.75. The van der Waals surface area contributed by atoms with Crippen LogP contribution >= 0.6 is 0 Å². The van der Waals surface area contributed by atoms with E-state index in [1.54, 1.807) is 7.05 Å². The molecule has 0 N–H and O–H groups in total. The summed E-state index contributed by atoms with van der Waals surface area (Å²) in [7, 11) is 3.88. The van der Waals surface area contributed by atoms with Gasteiger partial charge in [-0.25, -0.2) is 0 Å². The van der Waals surface area contributed by atoms with Crippen molar-refractivity contribution in [3.63, 3.8) is 0 Å². The Morgan fingerprint density at radius 1 is 1.43 bits per heavy atom. The number of rotatable bonds is 1. The summed E-state index contributed by atoms with van der Waals surface area (Å²) in [6, 6.07) is 0. The second kappa shape index (κ2) is 7.36. The van der Waals surface area contributed by atoms with Crippen LogP contribution in [0, 0.1) is 0 Å². The Labute approximate surface area is 88.0 Å². The van der Waals surface area contributed by atoms with E-state index in [9.17, 15) is 0 Å². The van der Waals surface area contributed by atoms with E-state index in [0.717, 1.165) is 13.0 Å². The van der Waals surface area contributed by atoms with E-state index in [1.165, 1.54) is 17.7 Å². The summed E-state index contributed by atoms with van der Waals surface area (Å²) in [6.45, 7) is 9.15. The maximum Gasteiger partial charge on any atom is 0.0405 e. The lowest BCUT2D eigenvalue weighted by molar-refractivity contribution is 0.385. The molecule has 1 saturated heterocycles. The van der Waals surface area contributed by atoms with Crippen molar-refractivity contribution < 1.29 is 0 Å². The van der Waals surface area contributed by atoms with Crippen molar-refractivity contribution in [3.05, 3.63) is 23.9 Å². The van der Waals surface area contributed by atoms with Crippen molar-refractivity contribution in [2.45, 2.75) is 26.7 Å². The van der Waals surface area contributed by atoms with Crippen LogP contribution in [0.15, 0.2) is 28.9 Å². The average Bonchev–Trinajstić information content (AvgIpc) is 2.20. The quantitative estimate of drug-likeness (QED) is 0.586. The fourth-order valence-corrected chi connectivity index (χ4v) is 1.44. The topological polar surface area (TPSA) is 15.6 Å². The lowest BCUT2D eigenvalue weighted by Gasteiger charge is -2.28. The molecule has 2 heteroatoms. The molecule has 0 unspecified atom stereocenters. The zero-order valence-corrected chi connectivity index (χ0v) is 9.88. The fraction of sp³-hybridized carbons (Fsp3) is 0.583. The second-order valence-electron chi connectivity index (χ2n) is 3.09. The van der Waals surface area contributed by atoms with Crippen molar-refractivity contribution in [1.29, 1.82) is 0 Å². The lowest BCUT2D eigenvalue weighted by Crippen LogP contribution is -2.24. The molecule has 1 heterocycles. The number of piperidine rings is 1. The minimum absolute atomic E-state index is 1.12. The first kappa shape index (κ1) is 12.9. The van der Waals surface area contributed by atoms with Gasteiger partial charge in [0, 0.05) is 32.6 Å². The molecule has 1 rings (SSSR count). The molecule has 0 aromatic carbocycles. The molecule has 0 atom stereocenters. The Morgan fingerprint density at radius 3 is 2.57 bits per heavy atom. The predicted octanol–water partition coefficient (Wildman–Crippen LogP) is 2.88. The highest BCUT2D eigenvalue weighted by atomic mass is 15.1. The summed E-state index contributed by atoms with van der Waals surface area (Å²) >= 11 is 0. The largest absolute Gasteiger partial charge is 0.374 e. The van der Waals surface area contributed by atoms with Crippen LogP contribution in [0.1, 0.15) is 26.7 Å². The van der Waals surface area contributed by atoms with Crippen LogP contribution in [0.25, 0.3) is 0 Å². The van der Waals surface area contributed by atoms with Crippen LogP contribution in [-0.2, 0) is 0 Å². The molecule has 0 amide bonds. The maximum absolute atomic E-state index is 4.03. The van der Waals surface area contributed by atoms with Crippen LogP contribution in [-0.4, -0.2) is 31.8 Å². The summed E-state index contributed by atoms with van der Waals surface area (Å²) in [6.07, 6.45) is 6.19. The van der Waals surface area contributed by atoms with Gasteiger partial charge in [-0.15, -0.1) is 0 Å². The van der Waals surface area contributed by atoms with E-state index < -0.39 is 0 Å². The summed E-state index contributed by atoms with van der Waals surface area (Å²) in [5, 5.41) is 0. The van der Waals surface area contributed by atoms with Gasteiger partial charge in [-0.05, 0) is 24.5 Å². The smallest absolute Gasteiger partial charge is 0.0405 e. The van der Waals surface area contributed by atoms with E-state index in [1.807, 2.05) is 26.1 Å². The molecular weight excluding hydrogens is 172 g/mol. The molecule has 1 fully saturated rings. The van der Waals surface area contributed by atoms with E-state index in [-0.39, 0.29) is 0 Å². The number of likely N-dealkylation sites (N-methyl/N-ethyl adjacent to an activating group) is 1. The van der Waals surface area contributed by atoms with Gasteiger partial charge in [0.15, 0.2) is 0 Å². The van der Waals surface area contributed by atoms with E-state index in [0.29, 0.717) is 0 Å². The minimum Gasteiger partial charge on any atom is -0.374 e. The number of allylic oxidation sites excluding steroid dienone is 2. The highest BCUT2D eigenvalue weighted by Crippen LogP contribution is 2.22. The molecule has 1 aliphatic rings. The minimum atomic E-state index is 1.12. The number of hydrogen-bond acceptors (Lipinski definition) is 2. The van der Waals surface area contributed by atoms with Crippen LogP contribution in [0.4, 0.5) is 0 Å². The number of hydrogen-bond donors (Lipinski definition) is 0. The first-order valence-corrected chi connectivity index (χ1v) is 5.27. The van der Waals surface area contributed by atoms with Crippen molar-refractivity contribution in [3.8, 4) is 0 Å². The van der Waals surface area contributed by atoms with Crippen LogP contribution in [0.3, 0.4) is 0 Å². The summed E-state index contributed by atoms with van der Waals surface area (Å²) < 4.78 is 0.